The maximum Gasteiger partial charge on any atom is 0.263 e. The molecule has 0 spiro atoms. The third kappa shape index (κ3) is 5.72. The summed E-state index contributed by atoms with van der Waals surface area (Å²) in [4.78, 5) is 9.44. The second-order valence-electron chi connectivity index (χ2n) is 11.4. The molecular weight excluding hydrogens is 599 g/mol. The average molecular weight is 635 g/mol. The van der Waals surface area contributed by atoms with Crippen LogP contribution in [0.3, 0.4) is 0 Å². The number of rotatable bonds is 6. The van der Waals surface area contributed by atoms with E-state index in [-0.39, 0.29) is 43.3 Å². The first-order valence-electron chi connectivity index (χ1n) is 14.0. The normalized spacial score (nSPS) is 23.0. The Balaban J connectivity index is 0.00000135. The van der Waals surface area contributed by atoms with Gasteiger partial charge in [-0.15, -0.1) is 37.2 Å². The third-order valence-corrected chi connectivity index (χ3v) is 8.78. The van der Waals surface area contributed by atoms with Crippen molar-refractivity contribution in [3.05, 3.63) is 107 Å². The van der Waals surface area contributed by atoms with Gasteiger partial charge in [0, 0.05) is 50.2 Å². The number of piperazine rings is 1. The lowest BCUT2D eigenvalue weighted by molar-refractivity contribution is 0.0875. The molecule has 0 amide bonds. The zero-order valence-corrected chi connectivity index (χ0v) is 25.8. The van der Waals surface area contributed by atoms with E-state index in [2.05, 4.69) is 39.9 Å². The highest BCUT2D eigenvalue weighted by molar-refractivity contribution is 5.86. The number of pyridine rings is 1. The van der Waals surface area contributed by atoms with Gasteiger partial charge in [0.1, 0.15) is 5.75 Å². The maximum absolute atomic E-state index is 15.0. The fourth-order valence-corrected chi connectivity index (χ4v) is 6.88. The van der Waals surface area contributed by atoms with Gasteiger partial charge in [-0.1, -0.05) is 61.5 Å². The van der Waals surface area contributed by atoms with Crippen molar-refractivity contribution < 1.29 is 13.5 Å². The Morgan fingerprint density at radius 2 is 1.38 bits per heavy atom. The van der Waals surface area contributed by atoms with Crippen molar-refractivity contribution in [1.29, 1.82) is 0 Å². The van der Waals surface area contributed by atoms with E-state index in [1.807, 2.05) is 60.7 Å². The predicted molar refractivity (Wildman–Crippen MR) is 171 cm³/mol. The van der Waals surface area contributed by atoms with Crippen molar-refractivity contribution in [2.45, 2.75) is 30.7 Å². The molecule has 9 heteroatoms. The SMILES string of the molecule is C[C@@H](COc1cccc2ncccc12)CN1CCN(C2c3ccccc3[C@@H]3[C@H](c4ccccc42)C3(F)F)CC1.Cl.Cl.Cl. The minimum Gasteiger partial charge on any atom is -0.493 e. The molecule has 42 heavy (non-hydrogen) atoms. The van der Waals surface area contributed by atoms with Crippen LogP contribution in [0.5, 0.6) is 5.75 Å². The van der Waals surface area contributed by atoms with E-state index in [4.69, 9.17) is 4.74 Å². The lowest BCUT2D eigenvalue weighted by atomic mass is 9.90. The maximum atomic E-state index is 15.0. The van der Waals surface area contributed by atoms with Crippen LogP contribution in [0.15, 0.2) is 85.1 Å². The summed E-state index contributed by atoms with van der Waals surface area (Å²) in [6.07, 6.45) is 1.80. The smallest absolute Gasteiger partial charge is 0.263 e. The van der Waals surface area contributed by atoms with Crippen molar-refractivity contribution in [2.75, 3.05) is 39.3 Å². The van der Waals surface area contributed by atoms with Crippen LogP contribution in [-0.2, 0) is 0 Å². The topological polar surface area (TPSA) is 28.6 Å². The van der Waals surface area contributed by atoms with Crippen molar-refractivity contribution >= 4 is 48.1 Å². The molecule has 7 rings (SSSR count). The van der Waals surface area contributed by atoms with Crippen LogP contribution in [0.25, 0.3) is 10.9 Å². The summed E-state index contributed by atoms with van der Waals surface area (Å²) in [5.74, 6) is -2.83. The van der Waals surface area contributed by atoms with Gasteiger partial charge in [-0.05, 0) is 46.5 Å². The van der Waals surface area contributed by atoms with Crippen molar-refractivity contribution in [1.82, 2.24) is 14.8 Å². The highest BCUT2D eigenvalue weighted by Crippen LogP contribution is 2.70. The van der Waals surface area contributed by atoms with Crippen LogP contribution in [0.1, 0.15) is 47.1 Å². The summed E-state index contributed by atoms with van der Waals surface area (Å²) >= 11 is 0. The number of nitrogens with zero attached hydrogens (tertiary/aromatic N) is 3. The Morgan fingerprint density at radius 3 is 2.00 bits per heavy atom. The summed E-state index contributed by atoms with van der Waals surface area (Å²) in [7, 11) is 0. The monoisotopic (exact) mass is 633 g/mol. The Morgan fingerprint density at radius 1 is 0.786 bits per heavy atom. The summed E-state index contributed by atoms with van der Waals surface area (Å²) < 4.78 is 36.2. The molecule has 1 saturated heterocycles. The summed E-state index contributed by atoms with van der Waals surface area (Å²) in [5.41, 5.74) is 4.70. The number of aromatic nitrogens is 1. The molecule has 4 atom stereocenters. The van der Waals surface area contributed by atoms with Crippen molar-refractivity contribution in [2.24, 2.45) is 5.92 Å². The molecule has 1 unspecified atom stereocenters. The summed E-state index contributed by atoms with van der Waals surface area (Å²) in [5, 5.41) is 1.04. The molecular formula is C33H36Cl3F2N3O. The molecule has 4 aromatic rings. The van der Waals surface area contributed by atoms with Gasteiger partial charge in [-0.2, -0.15) is 0 Å². The molecule has 3 aromatic carbocycles. The van der Waals surface area contributed by atoms with Gasteiger partial charge in [0.2, 0.25) is 0 Å². The van der Waals surface area contributed by atoms with Gasteiger partial charge in [0.25, 0.3) is 5.92 Å². The number of ether oxygens (including phenoxy) is 1. The second-order valence-corrected chi connectivity index (χ2v) is 11.4. The van der Waals surface area contributed by atoms with E-state index in [0.717, 1.165) is 71.6 Å². The molecule has 4 nitrogen and oxygen atoms in total. The van der Waals surface area contributed by atoms with Gasteiger partial charge in [0.15, 0.2) is 0 Å². The lowest BCUT2D eigenvalue weighted by Crippen LogP contribution is -2.49. The summed E-state index contributed by atoms with van der Waals surface area (Å²) in [6.45, 7) is 7.56. The Hall–Kier alpha value is -2.48. The standard InChI is InChI=1S/C33H33F2N3O.3ClH/c1-22(21-39-29-14-6-13-28-27(29)12-7-15-36-28)20-37-16-18-38(19-17-37)32-25-10-4-2-8-23(25)30-31(33(30,34)35)24-9-3-5-11-26(24)32;;;/h2-15,22,30-32H,16-21H2,1H3;3*1H/t22-,30-,31+,32?;;;/m1.../s1. The fourth-order valence-electron chi connectivity index (χ4n) is 6.88. The number of alkyl halides is 2. The molecule has 2 fully saturated rings. The zero-order valence-electron chi connectivity index (χ0n) is 23.4. The molecule has 1 aliphatic heterocycles. The number of benzene rings is 3. The first kappa shape index (κ1) is 32.4. The average Bonchev–Trinajstić information content (AvgIpc) is 3.58. The van der Waals surface area contributed by atoms with Crippen LogP contribution in [-0.4, -0.2) is 60.0 Å². The minimum absolute atomic E-state index is 0. The quantitative estimate of drug-likeness (QED) is 0.217. The Labute approximate surface area is 264 Å². The molecule has 3 aliphatic rings. The fraction of sp³-hybridized carbons (Fsp3) is 0.364. The van der Waals surface area contributed by atoms with Gasteiger partial charge >= 0.3 is 0 Å². The molecule has 2 aliphatic carbocycles. The predicted octanol–water partition coefficient (Wildman–Crippen LogP) is 7.75. The van der Waals surface area contributed by atoms with E-state index in [1.54, 1.807) is 6.20 Å². The van der Waals surface area contributed by atoms with E-state index < -0.39 is 17.8 Å². The highest BCUT2D eigenvalue weighted by atomic mass is 35.5. The van der Waals surface area contributed by atoms with Crippen LogP contribution in [0.2, 0.25) is 0 Å². The van der Waals surface area contributed by atoms with Crippen LogP contribution >= 0.6 is 37.2 Å². The molecule has 1 saturated carbocycles. The van der Waals surface area contributed by atoms with E-state index in [1.165, 1.54) is 0 Å². The number of hydrogen-bond donors (Lipinski definition) is 0. The first-order valence-corrected chi connectivity index (χ1v) is 14.0. The van der Waals surface area contributed by atoms with Crippen LogP contribution in [0, 0.1) is 5.92 Å². The first-order chi connectivity index (χ1) is 19.0. The van der Waals surface area contributed by atoms with Crippen molar-refractivity contribution in [3.63, 3.8) is 0 Å². The zero-order chi connectivity index (χ0) is 26.6. The highest BCUT2D eigenvalue weighted by Gasteiger charge is 2.71. The third-order valence-electron chi connectivity index (χ3n) is 8.78. The lowest BCUT2D eigenvalue weighted by Gasteiger charge is -2.41. The largest absolute Gasteiger partial charge is 0.493 e. The van der Waals surface area contributed by atoms with E-state index >= 15 is 0 Å². The Kier molecular flexibility index (Phi) is 10.1. The van der Waals surface area contributed by atoms with E-state index in [9.17, 15) is 8.78 Å². The molecule has 0 radical (unpaired) electrons. The molecule has 2 heterocycles. The van der Waals surface area contributed by atoms with Gasteiger partial charge < -0.3 is 9.64 Å². The molecule has 1 aromatic heterocycles. The summed E-state index contributed by atoms with van der Waals surface area (Å²) in [6, 6.07) is 25.8. The van der Waals surface area contributed by atoms with Crippen LogP contribution < -0.4 is 4.74 Å². The number of halogens is 5. The second kappa shape index (κ2) is 13.0. The molecule has 224 valence electrons. The van der Waals surface area contributed by atoms with Crippen molar-refractivity contribution in [3.8, 4) is 5.75 Å². The number of fused-ring (bicyclic) bond motifs is 6. The number of hydrogen-bond acceptors (Lipinski definition) is 4. The Bertz CT molecular complexity index is 1450. The van der Waals surface area contributed by atoms with Gasteiger partial charge in [0.05, 0.1) is 30.0 Å². The van der Waals surface area contributed by atoms with Gasteiger partial charge in [-0.25, -0.2) is 8.78 Å². The minimum atomic E-state index is -2.67. The molecule has 0 bridgehead atoms. The van der Waals surface area contributed by atoms with E-state index in [0.29, 0.717) is 12.5 Å². The van der Waals surface area contributed by atoms with Gasteiger partial charge in [-0.3, -0.25) is 9.88 Å². The van der Waals surface area contributed by atoms with Crippen LogP contribution in [0.4, 0.5) is 8.78 Å². The molecule has 0 N–H and O–H groups in total.